The minimum atomic E-state index is -0.555. The average molecular weight is 152 g/mol. The molecule has 2 N–H and O–H groups in total. The Balaban J connectivity index is 3.15. The zero-order valence-corrected chi connectivity index (χ0v) is 5.50. The van der Waals surface area contributed by atoms with Gasteiger partial charge < -0.3 is 0 Å². The first kappa shape index (κ1) is 7.51. The zero-order chi connectivity index (χ0) is 8.27. The van der Waals surface area contributed by atoms with Crippen LogP contribution in [0.3, 0.4) is 0 Å². The van der Waals surface area contributed by atoms with Crippen LogP contribution < -0.4 is 5.48 Å². The van der Waals surface area contributed by atoms with Crippen molar-refractivity contribution in [2.45, 2.75) is 0 Å². The molecule has 0 amide bonds. The molecule has 0 atom stereocenters. The quantitative estimate of drug-likeness (QED) is 0.599. The minimum absolute atomic E-state index is 0.168. The lowest BCUT2D eigenvalue weighted by Gasteiger charge is -1.97. The maximum absolute atomic E-state index is 12.5. The van der Waals surface area contributed by atoms with Gasteiger partial charge in [-0.05, 0) is 18.2 Å². The summed E-state index contributed by atoms with van der Waals surface area (Å²) in [6.07, 6.45) is 0. The Morgan fingerprint density at radius 1 is 1.45 bits per heavy atom. The summed E-state index contributed by atoms with van der Waals surface area (Å²) in [5.41, 5.74) is 2.09. The van der Waals surface area contributed by atoms with Crippen LogP contribution >= 0.6 is 0 Å². The second kappa shape index (κ2) is 2.99. The summed E-state index contributed by atoms with van der Waals surface area (Å²) < 4.78 is 12.5. The van der Waals surface area contributed by atoms with Gasteiger partial charge in [0.1, 0.15) is 5.82 Å². The molecular weight excluding hydrogens is 147 g/mol. The van der Waals surface area contributed by atoms with Crippen molar-refractivity contribution in [3.05, 3.63) is 29.6 Å². The van der Waals surface area contributed by atoms with Crippen LogP contribution in [0.2, 0.25) is 0 Å². The van der Waals surface area contributed by atoms with Crippen LogP contribution in [0.15, 0.2) is 18.2 Å². The van der Waals surface area contributed by atoms with Crippen molar-refractivity contribution in [2.24, 2.45) is 0 Å². The Bertz CT molecular complexity index is 306. The summed E-state index contributed by atoms with van der Waals surface area (Å²) in [5, 5.41) is 16.7. The van der Waals surface area contributed by atoms with E-state index in [0.29, 0.717) is 0 Å². The summed E-state index contributed by atoms with van der Waals surface area (Å²) in [6.45, 7) is 0. The van der Waals surface area contributed by atoms with E-state index in [1.54, 1.807) is 11.5 Å². The highest BCUT2D eigenvalue weighted by molar-refractivity contribution is 5.47. The number of nitriles is 1. The molecular formula is C7H5FN2O. The third-order valence-corrected chi connectivity index (χ3v) is 1.16. The first-order chi connectivity index (χ1) is 5.26. The second-order valence-electron chi connectivity index (χ2n) is 1.95. The summed E-state index contributed by atoms with van der Waals surface area (Å²) in [4.78, 5) is 0. The molecule has 4 heteroatoms. The van der Waals surface area contributed by atoms with Crippen LogP contribution in [-0.2, 0) is 0 Å². The highest BCUT2D eigenvalue weighted by Gasteiger charge is 1.97. The van der Waals surface area contributed by atoms with Crippen molar-refractivity contribution >= 4 is 5.69 Å². The smallest absolute Gasteiger partial charge is 0.126 e. The van der Waals surface area contributed by atoms with Crippen LogP contribution in [-0.4, -0.2) is 5.21 Å². The molecule has 0 heterocycles. The van der Waals surface area contributed by atoms with Gasteiger partial charge in [-0.1, -0.05) is 0 Å². The maximum atomic E-state index is 12.5. The molecule has 11 heavy (non-hydrogen) atoms. The van der Waals surface area contributed by atoms with E-state index in [2.05, 4.69) is 0 Å². The van der Waals surface area contributed by atoms with E-state index >= 15 is 0 Å². The Morgan fingerprint density at radius 3 is 2.73 bits per heavy atom. The van der Waals surface area contributed by atoms with Crippen molar-refractivity contribution in [2.75, 3.05) is 5.48 Å². The lowest BCUT2D eigenvalue weighted by atomic mass is 10.2. The van der Waals surface area contributed by atoms with Gasteiger partial charge in [-0.3, -0.25) is 10.7 Å². The van der Waals surface area contributed by atoms with Gasteiger partial charge in [0.25, 0.3) is 0 Å². The highest BCUT2D eigenvalue weighted by Crippen LogP contribution is 2.11. The largest absolute Gasteiger partial charge is 0.291 e. The number of halogens is 1. The minimum Gasteiger partial charge on any atom is -0.291 e. The number of benzene rings is 1. The average Bonchev–Trinajstić information content (AvgIpc) is 2.03. The van der Waals surface area contributed by atoms with Crippen molar-refractivity contribution < 1.29 is 9.60 Å². The van der Waals surface area contributed by atoms with Gasteiger partial charge in [-0.2, -0.15) is 5.26 Å². The molecule has 1 aromatic rings. The number of hydrogen-bond donors (Lipinski definition) is 2. The van der Waals surface area contributed by atoms with Crippen molar-refractivity contribution in [3.8, 4) is 6.07 Å². The number of anilines is 1. The number of nitrogens with one attached hydrogen (secondary N) is 1. The number of nitrogens with zero attached hydrogens (tertiary/aromatic N) is 1. The van der Waals surface area contributed by atoms with Gasteiger partial charge in [0.05, 0.1) is 17.3 Å². The molecule has 0 saturated carbocycles. The molecule has 0 unspecified atom stereocenters. The maximum Gasteiger partial charge on any atom is 0.126 e. The lowest BCUT2D eigenvalue weighted by Crippen LogP contribution is -1.90. The summed E-state index contributed by atoms with van der Waals surface area (Å²) in [7, 11) is 0. The fraction of sp³-hybridized carbons (Fsp3) is 0. The van der Waals surface area contributed by atoms with Gasteiger partial charge in [0, 0.05) is 0 Å². The molecule has 1 rings (SSSR count). The van der Waals surface area contributed by atoms with Crippen molar-refractivity contribution in [1.82, 2.24) is 0 Å². The molecule has 1 aromatic carbocycles. The van der Waals surface area contributed by atoms with E-state index in [1.807, 2.05) is 0 Å². The number of rotatable bonds is 1. The second-order valence-corrected chi connectivity index (χ2v) is 1.95. The Kier molecular flexibility index (Phi) is 2.04. The molecule has 0 radical (unpaired) electrons. The number of hydrogen-bond acceptors (Lipinski definition) is 3. The summed E-state index contributed by atoms with van der Waals surface area (Å²) >= 11 is 0. The van der Waals surface area contributed by atoms with Crippen LogP contribution in [0.4, 0.5) is 10.1 Å². The molecule has 0 fully saturated rings. The van der Waals surface area contributed by atoms with Crippen LogP contribution in [0.1, 0.15) is 5.56 Å². The monoisotopic (exact) mass is 152 g/mol. The van der Waals surface area contributed by atoms with Crippen molar-refractivity contribution in [3.63, 3.8) is 0 Å². The first-order valence-corrected chi connectivity index (χ1v) is 2.87. The Labute approximate surface area is 62.7 Å². The van der Waals surface area contributed by atoms with Crippen LogP contribution in [0, 0.1) is 17.1 Å². The lowest BCUT2D eigenvalue weighted by molar-refractivity contribution is 0.388. The predicted molar refractivity (Wildman–Crippen MR) is 36.5 cm³/mol. The molecule has 0 spiro atoms. The standard InChI is InChI=1S/C7H5FN2O/c8-6-1-5(4-9)2-7(3-6)10-11/h1-3,10-11H. The van der Waals surface area contributed by atoms with Gasteiger partial charge in [0.15, 0.2) is 0 Å². The molecule has 0 aromatic heterocycles. The van der Waals surface area contributed by atoms with Crippen molar-refractivity contribution in [1.29, 1.82) is 5.26 Å². The third-order valence-electron chi connectivity index (χ3n) is 1.16. The van der Waals surface area contributed by atoms with E-state index in [-0.39, 0.29) is 11.3 Å². The Morgan fingerprint density at radius 2 is 2.18 bits per heavy atom. The van der Waals surface area contributed by atoms with Gasteiger partial charge in [-0.15, -0.1) is 0 Å². The van der Waals surface area contributed by atoms with Gasteiger partial charge in [-0.25, -0.2) is 4.39 Å². The third kappa shape index (κ3) is 1.66. The molecule has 0 saturated heterocycles. The molecule has 0 aliphatic rings. The summed E-state index contributed by atoms with van der Waals surface area (Å²) in [5.74, 6) is -0.555. The fourth-order valence-corrected chi connectivity index (χ4v) is 0.719. The van der Waals surface area contributed by atoms with E-state index in [1.165, 1.54) is 6.07 Å². The van der Waals surface area contributed by atoms with Crippen LogP contribution in [0.25, 0.3) is 0 Å². The topological polar surface area (TPSA) is 56.0 Å². The van der Waals surface area contributed by atoms with E-state index in [9.17, 15) is 4.39 Å². The molecule has 3 nitrogen and oxygen atoms in total. The molecule has 56 valence electrons. The summed E-state index contributed by atoms with van der Waals surface area (Å²) in [6, 6.07) is 5.26. The fourth-order valence-electron chi connectivity index (χ4n) is 0.719. The first-order valence-electron chi connectivity index (χ1n) is 2.87. The van der Waals surface area contributed by atoms with Gasteiger partial charge >= 0.3 is 0 Å². The van der Waals surface area contributed by atoms with E-state index < -0.39 is 5.82 Å². The molecule has 0 bridgehead atoms. The SMILES string of the molecule is N#Cc1cc(F)cc(NO)c1. The molecule has 0 aliphatic carbocycles. The van der Waals surface area contributed by atoms with Gasteiger partial charge in [0.2, 0.25) is 0 Å². The zero-order valence-electron chi connectivity index (χ0n) is 5.50. The van der Waals surface area contributed by atoms with E-state index in [4.69, 9.17) is 10.5 Å². The van der Waals surface area contributed by atoms with E-state index in [0.717, 1.165) is 12.1 Å². The van der Waals surface area contributed by atoms with Crippen LogP contribution in [0.5, 0.6) is 0 Å². The highest BCUT2D eigenvalue weighted by atomic mass is 19.1. The predicted octanol–water partition coefficient (Wildman–Crippen LogP) is 1.50. The Hall–Kier alpha value is -1.60. The molecule has 0 aliphatic heterocycles. The normalized spacial score (nSPS) is 8.82.